The van der Waals surface area contributed by atoms with E-state index in [9.17, 15) is 9.59 Å². The lowest BCUT2D eigenvalue weighted by molar-refractivity contribution is -0.117. The number of hydrogen-bond acceptors (Lipinski definition) is 5. The zero-order chi connectivity index (χ0) is 24.5. The predicted octanol–water partition coefficient (Wildman–Crippen LogP) is 4.04. The van der Waals surface area contributed by atoms with Crippen LogP contribution in [-0.4, -0.2) is 35.4 Å². The summed E-state index contributed by atoms with van der Waals surface area (Å²) in [6.45, 7) is 5.79. The molecule has 2 aromatic carbocycles. The van der Waals surface area contributed by atoms with Gasteiger partial charge in [-0.15, -0.1) is 0 Å². The van der Waals surface area contributed by atoms with Crippen molar-refractivity contribution in [2.45, 2.75) is 33.1 Å². The maximum atomic E-state index is 13.2. The summed E-state index contributed by atoms with van der Waals surface area (Å²) < 4.78 is 3.06. The molecule has 1 unspecified atom stereocenters. The van der Waals surface area contributed by atoms with Gasteiger partial charge >= 0.3 is 0 Å². The number of benzene rings is 2. The molecule has 0 aliphatic carbocycles. The van der Waals surface area contributed by atoms with Crippen LogP contribution in [0, 0.1) is 13.8 Å². The summed E-state index contributed by atoms with van der Waals surface area (Å²) in [5.41, 5.74) is 3.56. The van der Waals surface area contributed by atoms with E-state index >= 15 is 0 Å². The lowest BCUT2D eigenvalue weighted by Gasteiger charge is -2.16. The molecular formula is C26H25N7O2. The second kappa shape index (κ2) is 9.02. The molecule has 0 spiro atoms. The van der Waals surface area contributed by atoms with Crippen LogP contribution in [0.1, 0.15) is 36.1 Å². The highest BCUT2D eigenvalue weighted by molar-refractivity contribution is 5.95. The molecule has 3 heterocycles. The fourth-order valence-corrected chi connectivity index (χ4v) is 4.10. The number of aryl methyl sites for hydroxylation is 2. The topological polar surface area (TPSA) is 110 Å². The summed E-state index contributed by atoms with van der Waals surface area (Å²) >= 11 is 0. The van der Waals surface area contributed by atoms with Gasteiger partial charge in [0.05, 0.1) is 23.5 Å². The highest BCUT2D eigenvalue weighted by atomic mass is 16.2. The molecule has 0 saturated heterocycles. The molecule has 0 bridgehead atoms. The van der Waals surface area contributed by atoms with Gasteiger partial charge in [0, 0.05) is 6.07 Å². The van der Waals surface area contributed by atoms with Crippen LogP contribution in [-0.2, 0) is 4.79 Å². The van der Waals surface area contributed by atoms with Crippen molar-refractivity contribution in [1.82, 2.24) is 29.5 Å². The van der Waals surface area contributed by atoms with E-state index in [1.54, 1.807) is 10.7 Å². The second-order valence-corrected chi connectivity index (χ2v) is 8.46. The van der Waals surface area contributed by atoms with Crippen LogP contribution >= 0.6 is 0 Å². The number of H-pyrrole nitrogens is 1. The number of nitrogens with zero attached hydrogens (tertiary/aromatic N) is 5. The molecule has 1 atom stereocenters. The Morgan fingerprint density at radius 3 is 2.51 bits per heavy atom. The average molecular weight is 468 g/mol. The molecule has 0 saturated carbocycles. The Morgan fingerprint density at radius 2 is 1.80 bits per heavy atom. The van der Waals surface area contributed by atoms with Crippen molar-refractivity contribution in [3.63, 3.8) is 0 Å². The summed E-state index contributed by atoms with van der Waals surface area (Å²) in [5, 5.41) is 12.2. The summed E-state index contributed by atoms with van der Waals surface area (Å²) in [4.78, 5) is 33.5. The number of fused-ring (bicyclic) bond motifs is 1. The normalized spacial score (nSPS) is 12.1. The van der Waals surface area contributed by atoms with Crippen LogP contribution in [0.4, 0.5) is 5.82 Å². The van der Waals surface area contributed by atoms with Gasteiger partial charge in [0.1, 0.15) is 11.2 Å². The fraction of sp³-hybridized carbons (Fsp3) is 0.192. The Labute approximate surface area is 201 Å². The van der Waals surface area contributed by atoms with Gasteiger partial charge < -0.3 is 5.32 Å². The molecule has 5 rings (SSSR count). The third-order valence-electron chi connectivity index (χ3n) is 5.91. The van der Waals surface area contributed by atoms with E-state index in [2.05, 4.69) is 25.5 Å². The highest BCUT2D eigenvalue weighted by Gasteiger charge is 2.22. The second-order valence-electron chi connectivity index (χ2n) is 8.46. The maximum Gasteiger partial charge on any atom is 0.263 e. The lowest BCUT2D eigenvalue weighted by Crippen LogP contribution is -2.23. The first-order valence-corrected chi connectivity index (χ1v) is 11.4. The minimum atomic E-state index is -0.343. The number of carbonyl (C=O) groups is 1. The third kappa shape index (κ3) is 4.23. The molecule has 0 aliphatic rings. The van der Waals surface area contributed by atoms with E-state index in [1.807, 2.05) is 75.4 Å². The van der Waals surface area contributed by atoms with E-state index in [-0.39, 0.29) is 23.3 Å². The number of nitrogens with one attached hydrogen (secondary N) is 2. The Balaban J connectivity index is 1.55. The number of rotatable bonds is 6. The number of carbonyl (C=O) groups excluding carboxylic acids is 1. The molecule has 0 fully saturated rings. The van der Waals surface area contributed by atoms with Crippen LogP contribution in [0.5, 0.6) is 0 Å². The van der Waals surface area contributed by atoms with Gasteiger partial charge in [-0.2, -0.15) is 19.9 Å². The molecule has 2 N–H and O–H groups in total. The van der Waals surface area contributed by atoms with Gasteiger partial charge in [-0.05, 0) is 38.0 Å². The van der Waals surface area contributed by atoms with E-state index < -0.39 is 0 Å². The Bertz CT molecular complexity index is 1560. The van der Waals surface area contributed by atoms with Gasteiger partial charge in [-0.3, -0.25) is 14.6 Å². The Kier molecular flexibility index (Phi) is 5.74. The minimum Gasteiger partial charge on any atom is -0.310 e. The molecule has 35 heavy (non-hydrogen) atoms. The summed E-state index contributed by atoms with van der Waals surface area (Å²) in [6, 6.07) is 19.2. The molecule has 3 aromatic heterocycles. The third-order valence-corrected chi connectivity index (χ3v) is 5.91. The van der Waals surface area contributed by atoms with Crippen LogP contribution in [0.15, 0.2) is 71.7 Å². The molecule has 0 radical (unpaired) electrons. The first kappa shape index (κ1) is 22.3. The van der Waals surface area contributed by atoms with E-state index in [0.29, 0.717) is 29.0 Å². The van der Waals surface area contributed by atoms with Crippen LogP contribution in [0.25, 0.3) is 22.7 Å². The first-order chi connectivity index (χ1) is 16.9. The van der Waals surface area contributed by atoms with Crippen molar-refractivity contribution >= 4 is 22.8 Å². The van der Waals surface area contributed by atoms with Gasteiger partial charge in [-0.25, -0.2) is 4.68 Å². The zero-order valence-corrected chi connectivity index (χ0v) is 19.7. The fourth-order valence-electron chi connectivity index (χ4n) is 4.10. The summed E-state index contributed by atoms with van der Waals surface area (Å²) in [5.74, 6) is 0.128. The molecule has 0 aliphatic heterocycles. The number of aromatic amines is 1. The van der Waals surface area contributed by atoms with Crippen LogP contribution in [0.3, 0.4) is 0 Å². The van der Waals surface area contributed by atoms with Gasteiger partial charge in [0.15, 0.2) is 5.65 Å². The SMILES string of the molecule is CCC(C(=O)Nc1cc(C)nn1-c1nc2c(cnn2-c2ccc(C)cc2)c(=O)[nH]1)c1ccccc1. The van der Waals surface area contributed by atoms with E-state index in [1.165, 1.54) is 10.9 Å². The highest BCUT2D eigenvalue weighted by Crippen LogP contribution is 2.23. The van der Waals surface area contributed by atoms with Crippen molar-refractivity contribution in [3.8, 4) is 11.6 Å². The van der Waals surface area contributed by atoms with E-state index in [4.69, 9.17) is 0 Å². The first-order valence-electron chi connectivity index (χ1n) is 11.4. The van der Waals surface area contributed by atoms with Crippen molar-refractivity contribution in [2.75, 3.05) is 5.32 Å². The van der Waals surface area contributed by atoms with Gasteiger partial charge in [0.25, 0.3) is 5.56 Å². The standard InChI is InChI=1S/C26H25N7O2/c1-4-20(18-8-6-5-7-9-18)24(34)28-22-14-17(3)31-33(22)26-29-23-21(25(35)30-26)15-27-32(23)19-12-10-16(2)11-13-19/h5-15,20H,4H2,1-3H3,(H,28,34)(H,29,30,35). The Morgan fingerprint density at radius 1 is 1.06 bits per heavy atom. The maximum absolute atomic E-state index is 13.2. The van der Waals surface area contributed by atoms with Gasteiger partial charge in [-0.1, -0.05) is 55.0 Å². The van der Waals surface area contributed by atoms with Gasteiger partial charge in [0.2, 0.25) is 11.9 Å². The largest absolute Gasteiger partial charge is 0.310 e. The summed E-state index contributed by atoms with van der Waals surface area (Å²) in [6.07, 6.45) is 2.13. The van der Waals surface area contributed by atoms with Crippen LogP contribution < -0.4 is 10.9 Å². The van der Waals surface area contributed by atoms with Crippen molar-refractivity contribution < 1.29 is 4.79 Å². The number of amides is 1. The van der Waals surface area contributed by atoms with Crippen LogP contribution in [0.2, 0.25) is 0 Å². The smallest absolute Gasteiger partial charge is 0.263 e. The summed E-state index contributed by atoms with van der Waals surface area (Å²) in [7, 11) is 0. The molecule has 5 aromatic rings. The molecule has 9 heteroatoms. The average Bonchev–Trinajstić information content (AvgIpc) is 3.44. The van der Waals surface area contributed by atoms with E-state index in [0.717, 1.165) is 16.8 Å². The lowest BCUT2D eigenvalue weighted by atomic mass is 9.96. The monoisotopic (exact) mass is 467 g/mol. The number of anilines is 1. The zero-order valence-electron chi connectivity index (χ0n) is 19.7. The predicted molar refractivity (Wildman–Crippen MR) is 134 cm³/mol. The minimum absolute atomic E-state index is 0.159. The number of hydrogen-bond donors (Lipinski definition) is 2. The number of aromatic nitrogens is 6. The molecule has 1 amide bonds. The van der Waals surface area contributed by atoms with Crippen molar-refractivity contribution in [1.29, 1.82) is 0 Å². The van der Waals surface area contributed by atoms with Crippen molar-refractivity contribution in [3.05, 3.63) is 94.0 Å². The van der Waals surface area contributed by atoms with Crippen molar-refractivity contribution in [2.24, 2.45) is 0 Å². The molecular weight excluding hydrogens is 442 g/mol. The quantitative estimate of drug-likeness (QED) is 0.392. The molecule has 176 valence electrons. The Hall–Kier alpha value is -4.53. The molecule has 9 nitrogen and oxygen atoms in total.